The van der Waals surface area contributed by atoms with Gasteiger partial charge in [0.1, 0.15) is 5.00 Å². The molecule has 6 nitrogen and oxygen atoms in total. The van der Waals surface area contributed by atoms with Gasteiger partial charge in [-0.25, -0.2) is 9.78 Å². The number of morpholine rings is 1. The molecule has 0 radical (unpaired) electrons. The first-order chi connectivity index (χ1) is 12.1. The summed E-state index contributed by atoms with van der Waals surface area (Å²) in [4.78, 5) is 21.7. The smallest absolute Gasteiger partial charge is 0.322 e. The summed E-state index contributed by atoms with van der Waals surface area (Å²) >= 11 is 1.59. The van der Waals surface area contributed by atoms with Crippen LogP contribution in [0.2, 0.25) is 0 Å². The number of hydrogen-bond donors (Lipinski definition) is 1. The first kappa shape index (κ1) is 18.6. The van der Waals surface area contributed by atoms with E-state index in [1.807, 2.05) is 11.8 Å². The van der Waals surface area contributed by atoms with Gasteiger partial charge >= 0.3 is 6.03 Å². The van der Waals surface area contributed by atoms with Gasteiger partial charge in [0, 0.05) is 31.7 Å². The number of carbonyl (C=O) groups is 1. The molecule has 0 aromatic carbocycles. The molecule has 0 saturated carbocycles. The average Bonchev–Trinajstić information content (AvgIpc) is 3.02. The monoisotopic (exact) mass is 366 g/mol. The lowest BCUT2D eigenvalue weighted by Gasteiger charge is -2.49. The zero-order valence-electron chi connectivity index (χ0n) is 15.6. The quantitative estimate of drug-likeness (QED) is 0.889. The lowest BCUT2D eigenvalue weighted by Crippen LogP contribution is -2.59. The van der Waals surface area contributed by atoms with E-state index in [1.165, 1.54) is 0 Å². The predicted octanol–water partition coefficient (Wildman–Crippen LogP) is 3.12. The van der Waals surface area contributed by atoms with E-state index in [-0.39, 0.29) is 11.6 Å². The molecule has 1 aromatic rings. The van der Waals surface area contributed by atoms with E-state index < -0.39 is 0 Å². The summed E-state index contributed by atoms with van der Waals surface area (Å²) in [5.41, 5.74) is 1.15. The molecule has 0 atom stereocenters. The number of piperidine rings is 1. The molecular weight excluding hydrogens is 336 g/mol. The van der Waals surface area contributed by atoms with Gasteiger partial charge in [0.25, 0.3) is 0 Å². The summed E-state index contributed by atoms with van der Waals surface area (Å²) in [6, 6.07) is 0.0149. The lowest BCUT2D eigenvalue weighted by molar-refractivity contribution is -0.0449. The van der Waals surface area contributed by atoms with Gasteiger partial charge < -0.3 is 9.64 Å². The highest BCUT2D eigenvalue weighted by Crippen LogP contribution is 2.33. The number of aryl methyl sites for hydroxylation is 2. The van der Waals surface area contributed by atoms with E-state index in [4.69, 9.17) is 4.74 Å². The number of likely N-dealkylation sites (tertiary alicyclic amines) is 1. The van der Waals surface area contributed by atoms with Crippen molar-refractivity contribution in [2.75, 3.05) is 44.7 Å². The molecule has 2 saturated heterocycles. The van der Waals surface area contributed by atoms with Crippen LogP contribution in [0, 0.1) is 6.92 Å². The van der Waals surface area contributed by atoms with Gasteiger partial charge in [-0.2, -0.15) is 0 Å². The molecule has 0 unspecified atom stereocenters. The van der Waals surface area contributed by atoms with Crippen molar-refractivity contribution in [3.05, 3.63) is 10.7 Å². The number of aromatic nitrogens is 1. The molecule has 0 aliphatic carbocycles. The van der Waals surface area contributed by atoms with Crippen molar-refractivity contribution in [1.29, 1.82) is 0 Å². The maximum absolute atomic E-state index is 12.7. The summed E-state index contributed by atoms with van der Waals surface area (Å²) < 4.78 is 5.51. The average molecular weight is 367 g/mol. The van der Waals surface area contributed by atoms with E-state index >= 15 is 0 Å². The Morgan fingerprint density at radius 2 is 1.92 bits per heavy atom. The number of hydrogen-bond acceptors (Lipinski definition) is 5. The molecule has 2 aliphatic rings. The standard InChI is InChI=1S/C18H30N4O2S/c1-4-15-19-14(3)16(25-15)20-17(23)21-8-6-18(5-2,7-9-21)22-10-12-24-13-11-22/h4-13H2,1-3H3,(H,20,23). The van der Waals surface area contributed by atoms with Crippen molar-refractivity contribution >= 4 is 22.4 Å². The number of anilines is 1. The van der Waals surface area contributed by atoms with Crippen molar-refractivity contribution in [3.63, 3.8) is 0 Å². The van der Waals surface area contributed by atoms with Crippen molar-refractivity contribution in [1.82, 2.24) is 14.8 Å². The van der Waals surface area contributed by atoms with Crippen LogP contribution in [0.1, 0.15) is 43.8 Å². The fourth-order valence-corrected chi connectivity index (χ4v) is 4.85. The van der Waals surface area contributed by atoms with Crippen LogP contribution < -0.4 is 5.32 Å². The Bertz CT molecular complexity index is 590. The summed E-state index contributed by atoms with van der Waals surface area (Å²) in [5.74, 6) is 0. The summed E-state index contributed by atoms with van der Waals surface area (Å²) in [6.07, 6.45) is 4.12. The Kier molecular flexibility index (Phi) is 5.96. The first-order valence-electron chi connectivity index (χ1n) is 9.43. The maximum Gasteiger partial charge on any atom is 0.322 e. The van der Waals surface area contributed by atoms with E-state index in [0.717, 1.165) is 80.8 Å². The van der Waals surface area contributed by atoms with Crippen LogP contribution >= 0.6 is 11.3 Å². The SMILES string of the molecule is CCc1nc(C)c(NC(=O)N2CCC(CC)(N3CCOCC3)CC2)s1. The minimum absolute atomic E-state index is 0.0149. The highest BCUT2D eigenvalue weighted by atomic mass is 32.1. The van der Waals surface area contributed by atoms with E-state index in [9.17, 15) is 4.79 Å². The molecule has 2 aliphatic heterocycles. The van der Waals surface area contributed by atoms with Crippen LogP contribution in [0.15, 0.2) is 0 Å². The highest BCUT2D eigenvalue weighted by molar-refractivity contribution is 7.16. The number of nitrogens with zero attached hydrogens (tertiary/aromatic N) is 3. The Morgan fingerprint density at radius 3 is 2.48 bits per heavy atom. The van der Waals surface area contributed by atoms with Crippen LogP contribution in [0.3, 0.4) is 0 Å². The Balaban J connectivity index is 1.58. The fourth-order valence-electron chi connectivity index (χ4n) is 3.95. The molecule has 0 spiro atoms. The summed E-state index contributed by atoms with van der Waals surface area (Å²) in [6.45, 7) is 11.6. The van der Waals surface area contributed by atoms with Gasteiger partial charge in [0.15, 0.2) is 0 Å². The van der Waals surface area contributed by atoms with Gasteiger partial charge in [0.05, 0.1) is 23.9 Å². The molecule has 2 fully saturated rings. The second kappa shape index (κ2) is 8.01. The van der Waals surface area contributed by atoms with Gasteiger partial charge in [-0.15, -0.1) is 11.3 Å². The molecule has 25 heavy (non-hydrogen) atoms. The number of nitrogens with one attached hydrogen (secondary N) is 1. The first-order valence-corrected chi connectivity index (χ1v) is 10.2. The number of ether oxygens (including phenoxy) is 1. The molecule has 140 valence electrons. The third-order valence-electron chi connectivity index (χ3n) is 5.69. The molecule has 7 heteroatoms. The minimum Gasteiger partial charge on any atom is -0.379 e. The third-order valence-corrected chi connectivity index (χ3v) is 6.90. The van der Waals surface area contributed by atoms with Crippen LogP contribution in [-0.2, 0) is 11.2 Å². The Hall–Kier alpha value is -1.18. The Labute approximate surface area is 154 Å². The molecular formula is C18H30N4O2S. The molecule has 0 bridgehead atoms. The van der Waals surface area contributed by atoms with Gasteiger partial charge in [0.2, 0.25) is 0 Å². The second-order valence-corrected chi connectivity index (χ2v) is 8.05. The second-order valence-electron chi connectivity index (χ2n) is 6.97. The zero-order valence-corrected chi connectivity index (χ0v) is 16.5. The number of thiazole rings is 1. The van der Waals surface area contributed by atoms with Crippen molar-refractivity contribution in [3.8, 4) is 0 Å². The van der Waals surface area contributed by atoms with Crippen LogP contribution in [0.5, 0.6) is 0 Å². The summed E-state index contributed by atoms with van der Waals surface area (Å²) in [7, 11) is 0. The van der Waals surface area contributed by atoms with Gasteiger partial charge in [-0.1, -0.05) is 13.8 Å². The molecule has 2 amide bonds. The molecule has 1 N–H and O–H groups in total. The number of rotatable bonds is 4. The van der Waals surface area contributed by atoms with Crippen molar-refractivity contribution in [2.24, 2.45) is 0 Å². The molecule has 3 rings (SSSR count). The largest absolute Gasteiger partial charge is 0.379 e. The van der Waals surface area contributed by atoms with Crippen LogP contribution in [0.25, 0.3) is 0 Å². The van der Waals surface area contributed by atoms with Gasteiger partial charge in [-0.3, -0.25) is 10.2 Å². The van der Waals surface area contributed by atoms with Crippen molar-refractivity contribution in [2.45, 2.75) is 52.0 Å². The zero-order chi connectivity index (χ0) is 17.9. The molecule has 3 heterocycles. The van der Waals surface area contributed by atoms with E-state index in [1.54, 1.807) is 11.3 Å². The highest BCUT2D eigenvalue weighted by Gasteiger charge is 2.39. The van der Waals surface area contributed by atoms with E-state index in [2.05, 4.69) is 29.0 Å². The fraction of sp³-hybridized carbons (Fsp3) is 0.778. The normalized spacial score (nSPS) is 21.3. The van der Waals surface area contributed by atoms with E-state index in [0.29, 0.717) is 0 Å². The van der Waals surface area contributed by atoms with Crippen LogP contribution in [0.4, 0.5) is 9.80 Å². The van der Waals surface area contributed by atoms with Crippen molar-refractivity contribution < 1.29 is 9.53 Å². The third kappa shape index (κ3) is 3.99. The maximum atomic E-state index is 12.7. The minimum atomic E-state index is 0.0149. The topological polar surface area (TPSA) is 57.7 Å². The number of urea groups is 1. The summed E-state index contributed by atoms with van der Waals surface area (Å²) in [5, 5.41) is 5.03. The number of carbonyl (C=O) groups excluding carboxylic acids is 1. The van der Waals surface area contributed by atoms with Crippen LogP contribution in [-0.4, -0.2) is 65.7 Å². The predicted molar refractivity (Wildman–Crippen MR) is 101 cm³/mol. The lowest BCUT2D eigenvalue weighted by atomic mass is 9.83. The Morgan fingerprint density at radius 1 is 1.24 bits per heavy atom. The van der Waals surface area contributed by atoms with Gasteiger partial charge in [-0.05, 0) is 32.6 Å². The molecule has 1 aromatic heterocycles. The number of amides is 2.